The minimum atomic E-state index is -3.50. The number of hydrogen-bond acceptors (Lipinski definition) is 4. The van der Waals surface area contributed by atoms with E-state index in [2.05, 4.69) is 25.6 Å². The molecule has 3 aromatic rings. The molecule has 104 valence electrons. The number of thiophene rings is 1. The van der Waals surface area contributed by atoms with Gasteiger partial charge in [-0.1, -0.05) is 6.07 Å². The van der Waals surface area contributed by atoms with Crippen LogP contribution in [0.5, 0.6) is 0 Å². The van der Waals surface area contributed by atoms with E-state index in [1.807, 2.05) is 28.8 Å². The molecule has 0 radical (unpaired) electrons. The van der Waals surface area contributed by atoms with E-state index in [4.69, 9.17) is 0 Å². The maximum atomic E-state index is 12.1. The molecule has 5 nitrogen and oxygen atoms in total. The summed E-state index contributed by atoms with van der Waals surface area (Å²) in [7, 11) is -3.50. The second-order valence-electron chi connectivity index (χ2n) is 4.05. The maximum absolute atomic E-state index is 12.1. The van der Waals surface area contributed by atoms with Crippen LogP contribution in [0.25, 0.3) is 5.52 Å². The normalized spacial score (nSPS) is 12.1. The molecular formula is C12H10BrN3O2S2. The fourth-order valence-electron chi connectivity index (χ4n) is 1.80. The lowest BCUT2D eigenvalue weighted by atomic mass is 10.4. The van der Waals surface area contributed by atoms with Gasteiger partial charge >= 0.3 is 0 Å². The zero-order valence-electron chi connectivity index (χ0n) is 10.2. The Kier molecular flexibility index (Phi) is 3.63. The molecule has 0 amide bonds. The number of rotatable bonds is 4. The quantitative estimate of drug-likeness (QED) is 0.766. The van der Waals surface area contributed by atoms with E-state index in [-0.39, 0.29) is 10.8 Å². The van der Waals surface area contributed by atoms with Gasteiger partial charge in [0.25, 0.3) is 0 Å². The van der Waals surface area contributed by atoms with Crippen molar-refractivity contribution in [3.8, 4) is 0 Å². The standard InChI is InChI=1S/C12H10BrN3O2S2/c13-10-4-5-12(19-10)20(17,18)15-8-11-14-7-9-3-1-2-6-16(9)11/h1-7,15H,8H2. The SMILES string of the molecule is O=S(=O)(NCc1ncc2ccccn12)c1ccc(Br)s1. The molecule has 0 aliphatic heterocycles. The van der Waals surface area contributed by atoms with Crippen molar-refractivity contribution in [2.75, 3.05) is 0 Å². The van der Waals surface area contributed by atoms with Crippen LogP contribution >= 0.6 is 27.3 Å². The number of imidazole rings is 1. The summed E-state index contributed by atoms with van der Waals surface area (Å²) in [6.07, 6.45) is 3.57. The number of halogens is 1. The van der Waals surface area contributed by atoms with Gasteiger partial charge in [-0.3, -0.25) is 0 Å². The molecule has 0 saturated carbocycles. The molecule has 0 unspecified atom stereocenters. The first-order valence-electron chi connectivity index (χ1n) is 5.72. The summed E-state index contributed by atoms with van der Waals surface area (Å²) in [4.78, 5) is 4.23. The molecule has 0 bridgehead atoms. The van der Waals surface area contributed by atoms with Gasteiger partial charge in [-0.15, -0.1) is 11.3 Å². The number of sulfonamides is 1. The average molecular weight is 372 g/mol. The Bertz CT molecular complexity index is 854. The molecule has 20 heavy (non-hydrogen) atoms. The summed E-state index contributed by atoms with van der Waals surface area (Å²) in [6, 6.07) is 8.99. The van der Waals surface area contributed by atoms with E-state index >= 15 is 0 Å². The molecule has 3 aromatic heterocycles. The van der Waals surface area contributed by atoms with Crippen molar-refractivity contribution in [2.45, 2.75) is 10.8 Å². The van der Waals surface area contributed by atoms with Crippen LogP contribution in [0.1, 0.15) is 5.82 Å². The van der Waals surface area contributed by atoms with Crippen molar-refractivity contribution >= 4 is 42.8 Å². The predicted octanol–water partition coefficient (Wildman–Crippen LogP) is 2.64. The Hall–Kier alpha value is -1.22. The minimum Gasteiger partial charge on any atom is -0.303 e. The van der Waals surface area contributed by atoms with Crippen molar-refractivity contribution in [1.82, 2.24) is 14.1 Å². The summed E-state index contributed by atoms with van der Waals surface area (Å²) in [5, 5.41) is 0. The highest BCUT2D eigenvalue weighted by Gasteiger charge is 2.17. The number of fused-ring (bicyclic) bond motifs is 1. The van der Waals surface area contributed by atoms with Gasteiger partial charge in [0.15, 0.2) is 0 Å². The molecule has 0 aliphatic rings. The molecule has 3 rings (SSSR count). The van der Waals surface area contributed by atoms with Crippen LogP contribution in [0, 0.1) is 0 Å². The second-order valence-corrected chi connectivity index (χ2v) is 8.51. The van der Waals surface area contributed by atoms with Crippen LogP contribution in [0.15, 0.2) is 50.7 Å². The summed E-state index contributed by atoms with van der Waals surface area (Å²) in [5.74, 6) is 0.653. The number of hydrogen-bond donors (Lipinski definition) is 1. The molecular weight excluding hydrogens is 362 g/mol. The Labute approximate surface area is 128 Å². The van der Waals surface area contributed by atoms with Gasteiger partial charge in [0, 0.05) is 6.20 Å². The zero-order valence-corrected chi connectivity index (χ0v) is 13.4. The Balaban J connectivity index is 1.83. The number of nitrogens with one attached hydrogen (secondary N) is 1. The molecule has 0 saturated heterocycles. The van der Waals surface area contributed by atoms with E-state index in [9.17, 15) is 8.42 Å². The summed E-state index contributed by atoms with van der Waals surface area (Å²) in [6.45, 7) is 0.149. The van der Waals surface area contributed by atoms with Crippen molar-refractivity contribution in [2.24, 2.45) is 0 Å². The lowest BCUT2D eigenvalue weighted by Gasteiger charge is -2.04. The van der Waals surface area contributed by atoms with Gasteiger partial charge in [-0.2, -0.15) is 0 Å². The van der Waals surface area contributed by atoms with Gasteiger partial charge in [0.1, 0.15) is 10.0 Å². The first-order valence-corrected chi connectivity index (χ1v) is 8.81. The average Bonchev–Trinajstić information content (AvgIpc) is 3.03. The van der Waals surface area contributed by atoms with Gasteiger partial charge in [-0.05, 0) is 40.2 Å². The summed E-state index contributed by atoms with van der Waals surface area (Å²) in [5.41, 5.74) is 0.931. The van der Waals surface area contributed by atoms with E-state index < -0.39 is 10.0 Å². The largest absolute Gasteiger partial charge is 0.303 e. The van der Waals surface area contributed by atoms with Crippen LogP contribution in [-0.4, -0.2) is 17.8 Å². The summed E-state index contributed by atoms with van der Waals surface area (Å²) < 4.78 is 29.7. The molecule has 0 atom stereocenters. The Morgan fingerprint density at radius 3 is 2.90 bits per heavy atom. The van der Waals surface area contributed by atoms with Gasteiger partial charge < -0.3 is 4.40 Å². The number of aromatic nitrogens is 2. The van der Waals surface area contributed by atoms with Crippen molar-refractivity contribution < 1.29 is 8.42 Å². The Morgan fingerprint density at radius 2 is 2.15 bits per heavy atom. The highest BCUT2D eigenvalue weighted by Crippen LogP contribution is 2.25. The molecule has 8 heteroatoms. The molecule has 0 spiro atoms. The van der Waals surface area contributed by atoms with E-state index in [1.165, 1.54) is 11.3 Å². The monoisotopic (exact) mass is 371 g/mol. The third kappa shape index (κ3) is 2.64. The summed E-state index contributed by atoms with van der Waals surface area (Å²) >= 11 is 4.43. The topological polar surface area (TPSA) is 63.5 Å². The van der Waals surface area contributed by atoms with E-state index in [0.29, 0.717) is 5.82 Å². The molecule has 0 aromatic carbocycles. The zero-order chi connectivity index (χ0) is 14.2. The molecule has 0 fully saturated rings. The first kappa shape index (κ1) is 13.7. The third-order valence-electron chi connectivity index (χ3n) is 2.75. The fourth-order valence-corrected chi connectivity index (χ4v) is 4.84. The van der Waals surface area contributed by atoms with Crippen LogP contribution < -0.4 is 4.72 Å². The van der Waals surface area contributed by atoms with Crippen LogP contribution in [0.4, 0.5) is 0 Å². The van der Waals surface area contributed by atoms with E-state index in [1.54, 1.807) is 18.3 Å². The Morgan fingerprint density at radius 1 is 1.30 bits per heavy atom. The minimum absolute atomic E-state index is 0.149. The van der Waals surface area contributed by atoms with Gasteiger partial charge in [0.05, 0.1) is 22.0 Å². The van der Waals surface area contributed by atoms with Crippen molar-refractivity contribution in [1.29, 1.82) is 0 Å². The van der Waals surface area contributed by atoms with Crippen molar-refractivity contribution in [3.63, 3.8) is 0 Å². The number of pyridine rings is 1. The van der Waals surface area contributed by atoms with Gasteiger partial charge in [-0.25, -0.2) is 18.1 Å². The highest BCUT2D eigenvalue weighted by molar-refractivity contribution is 9.11. The predicted molar refractivity (Wildman–Crippen MR) is 81.2 cm³/mol. The molecule has 3 heterocycles. The third-order valence-corrected chi connectivity index (χ3v) is 6.27. The van der Waals surface area contributed by atoms with Crippen LogP contribution in [0.3, 0.4) is 0 Å². The molecule has 0 aliphatic carbocycles. The second kappa shape index (κ2) is 5.28. The molecule has 1 N–H and O–H groups in total. The first-order chi connectivity index (χ1) is 9.56. The fraction of sp³-hybridized carbons (Fsp3) is 0.0833. The maximum Gasteiger partial charge on any atom is 0.250 e. The van der Waals surface area contributed by atoms with Crippen molar-refractivity contribution in [3.05, 3.63) is 52.3 Å². The van der Waals surface area contributed by atoms with Crippen LogP contribution in [0.2, 0.25) is 0 Å². The smallest absolute Gasteiger partial charge is 0.250 e. The van der Waals surface area contributed by atoms with Gasteiger partial charge in [0.2, 0.25) is 10.0 Å². The highest BCUT2D eigenvalue weighted by atomic mass is 79.9. The van der Waals surface area contributed by atoms with E-state index in [0.717, 1.165) is 9.30 Å². The lowest BCUT2D eigenvalue weighted by Crippen LogP contribution is -2.23. The number of nitrogens with zero attached hydrogens (tertiary/aromatic N) is 2. The lowest BCUT2D eigenvalue weighted by molar-refractivity contribution is 0.581. The van der Waals surface area contributed by atoms with Crippen LogP contribution in [-0.2, 0) is 16.6 Å².